The number of halogens is 1. The molecule has 0 atom stereocenters. The number of fused-ring (bicyclic) bond motifs is 1. The van der Waals surface area contributed by atoms with Crippen LogP contribution in [-0.4, -0.2) is 6.17 Å². The van der Waals surface area contributed by atoms with Gasteiger partial charge in [0.05, 0.1) is 0 Å². The van der Waals surface area contributed by atoms with Crippen molar-refractivity contribution in [1.29, 1.82) is 0 Å². The maximum Gasteiger partial charge on any atom is 0.0491 e. The second kappa shape index (κ2) is 3.22. The summed E-state index contributed by atoms with van der Waals surface area (Å²) in [6.45, 7) is 1.72. The average Bonchev–Trinajstić information content (AvgIpc) is 2.38. The molecule has 0 fully saturated rings. The third-order valence-corrected chi connectivity index (χ3v) is 1.37. The molecular formula is C8H11ClN2. The molecule has 11 heavy (non-hydrogen) atoms. The fraction of sp³-hybridized carbons (Fsp3) is 0.250. The van der Waals surface area contributed by atoms with E-state index in [2.05, 4.69) is 6.07 Å². The van der Waals surface area contributed by atoms with Crippen LogP contribution in [0.5, 0.6) is 0 Å². The summed E-state index contributed by atoms with van der Waals surface area (Å²) in [4.78, 5) is 0. The van der Waals surface area contributed by atoms with E-state index in [1.165, 1.54) is 11.1 Å². The summed E-state index contributed by atoms with van der Waals surface area (Å²) < 4.78 is 0. The molecule has 2 nitrogen and oxygen atoms in total. The first kappa shape index (κ1) is 8.53. The maximum atomic E-state index is 5.58. The van der Waals surface area contributed by atoms with Gasteiger partial charge in [-0.05, 0) is 36.2 Å². The van der Waals surface area contributed by atoms with E-state index in [9.17, 15) is 0 Å². The lowest BCUT2D eigenvalue weighted by Crippen LogP contribution is -2.25. The van der Waals surface area contributed by atoms with E-state index in [0.717, 1.165) is 5.02 Å². The second-order valence-corrected chi connectivity index (χ2v) is 3.02. The van der Waals surface area contributed by atoms with Crippen LogP contribution < -0.4 is 11.5 Å². The van der Waals surface area contributed by atoms with Gasteiger partial charge in [-0.15, -0.1) is 0 Å². The number of benzene rings is 1. The Hall–Kier alpha value is -0.570. The van der Waals surface area contributed by atoms with Crippen LogP contribution >= 0.6 is 11.6 Å². The Morgan fingerprint density at radius 1 is 1.18 bits per heavy atom. The summed E-state index contributed by atoms with van der Waals surface area (Å²) in [6.07, 6.45) is -0.167. The van der Waals surface area contributed by atoms with Crippen LogP contribution in [0.15, 0.2) is 18.2 Å². The van der Waals surface area contributed by atoms with Gasteiger partial charge in [0.15, 0.2) is 0 Å². The lowest BCUT2D eigenvalue weighted by atomic mass is 10.6. The zero-order valence-corrected chi connectivity index (χ0v) is 7.10. The molecule has 0 aromatic heterocycles. The molecule has 0 aliphatic heterocycles. The highest BCUT2D eigenvalue weighted by atomic mass is 35.5. The molecule has 0 radical (unpaired) electrons. The van der Waals surface area contributed by atoms with Crippen molar-refractivity contribution < 1.29 is 0 Å². The molecule has 2 aliphatic carbocycles. The van der Waals surface area contributed by atoms with Crippen LogP contribution in [0, 0.1) is 0 Å². The van der Waals surface area contributed by atoms with Gasteiger partial charge in [0.2, 0.25) is 0 Å². The Morgan fingerprint density at radius 3 is 1.73 bits per heavy atom. The van der Waals surface area contributed by atoms with Crippen molar-refractivity contribution in [1.82, 2.24) is 0 Å². The highest BCUT2D eigenvalue weighted by Gasteiger charge is 2.11. The van der Waals surface area contributed by atoms with E-state index < -0.39 is 0 Å². The molecule has 4 N–H and O–H groups in total. The Labute approximate surface area is 71.1 Å². The van der Waals surface area contributed by atoms with Gasteiger partial charge >= 0.3 is 0 Å². The minimum Gasteiger partial charge on any atom is -0.316 e. The number of rotatable bonds is 0. The van der Waals surface area contributed by atoms with E-state index in [-0.39, 0.29) is 6.17 Å². The van der Waals surface area contributed by atoms with Crippen molar-refractivity contribution in [2.45, 2.75) is 13.1 Å². The van der Waals surface area contributed by atoms with E-state index >= 15 is 0 Å². The summed E-state index contributed by atoms with van der Waals surface area (Å²) in [5, 5.41) is 0.868. The minimum atomic E-state index is -0.167. The van der Waals surface area contributed by atoms with Gasteiger partial charge in [0, 0.05) is 11.2 Å². The molecule has 2 aliphatic rings. The summed E-state index contributed by atoms with van der Waals surface area (Å²) >= 11 is 5.58. The topological polar surface area (TPSA) is 52.0 Å². The maximum absolute atomic E-state index is 5.58. The van der Waals surface area contributed by atoms with Gasteiger partial charge < -0.3 is 11.5 Å². The Kier molecular flexibility index (Phi) is 2.49. The quantitative estimate of drug-likeness (QED) is 0.590. The van der Waals surface area contributed by atoms with Crippen LogP contribution in [0.4, 0.5) is 0 Å². The first-order valence-electron chi connectivity index (χ1n) is 3.42. The summed E-state index contributed by atoms with van der Waals surface area (Å²) in [5.74, 6) is 0. The van der Waals surface area contributed by atoms with Gasteiger partial charge in [-0.2, -0.15) is 0 Å². The van der Waals surface area contributed by atoms with Crippen molar-refractivity contribution >= 4 is 11.6 Å². The van der Waals surface area contributed by atoms with Gasteiger partial charge in [-0.25, -0.2) is 0 Å². The number of hydrogen-bond acceptors (Lipinski definition) is 2. The molecule has 0 amide bonds. The van der Waals surface area contributed by atoms with Crippen molar-refractivity contribution in [3.8, 4) is 11.1 Å². The molecule has 0 bridgehead atoms. The standard InChI is InChI=1S/C6H3Cl.C2H8N2/c7-6-2-4-1-5(4)3-6;1-2(3)4/h1-3H;2H,3-4H2,1H3. The zero-order valence-electron chi connectivity index (χ0n) is 6.34. The predicted molar refractivity (Wildman–Crippen MR) is 48.3 cm³/mol. The van der Waals surface area contributed by atoms with Crippen LogP contribution in [0.2, 0.25) is 5.02 Å². The summed E-state index contributed by atoms with van der Waals surface area (Å²) in [5.41, 5.74) is 12.4. The number of hydrogen-bond donors (Lipinski definition) is 2. The first-order valence-corrected chi connectivity index (χ1v) is 3.79. The first-order chi connectivity index (χ1) is 5.09. The third kappa shape index (κ3) is 2.89. The van der Waals surface area contributed by atoms with Gasteiger partial charge in [-0.3, -0.25) is 0 Å². The minimum absolute atomic E-state index is 0.167. The zero-order chi connectivity index (χ0) is 8.43. The van der Waals surface area contributed by atoms with Crippen molar-refractivity contribution in [3.05, 3.63) is 23.2 Å². The average molecular weight is 171 g/mol. The molecular weight excluding hydrogens is 160 g/mol. The van der Waals surface area contributed by atoms with E-state index in [4.69, 9.17) is 23.1 Å². The third-order valence-electron chi connectivity index (χ3n) is 1.15. The van der Waals surface area contributed by atoms with E-state index in [1.54, 1.807) is 6.92 Å². The monoisotopic (exact) mass is 170 g/mol. The fourth-order valence-corrected chi connectivity index (χ4v) is 0.955. The number of nitrogens with two attached hydrogens (primary N) is 2. The molecule has 0 unspecified atom stereocenters. The summed E-state index contributed by atoms with van der Waals surface area (Å²) in [6, 6.07) is 6.04. The molecule has 0 aromatic rings. The normalized spacial score (nSPS) is 10.6. The van der Waals surface area contributed by atoms with Crippen LogP contribution in [-0.2, 0) is 0 Å². The van der Waals surface area contributed by atoms with Crippen LogP contribution in [0.3, 0.4) is 0 Å². The lowest BCUT2D eigenvalue weighted by molar-refractivity contribution is 0.790. The van der Waals surface area contributed by atoms with Gasteiger partial charge in [0.1, 0.15) is 0 Å². The van der Waals surface area contributed by atoms with Crippen LogP contribution in [0.1, 0.15) is 6.92 Å². The molecule has 0 saturated heterocycles. The highest BCUT2D eigenvalue weighted by molar-refractivity contribution is 6.32. The largest absolute Gasteiger partial charge is 0.316 e. The Morgan fingerprint density at radius 2 is 1.55 bits per heavy atom. The molecule has 0 spiro atoms. The molecule has 2 rings (SSSR count). The molecule has 3 heteroatoms. The van der Waals surface area contributed by atoms with Gasteiger partial charge in [-0.1, -0.05) is 11.6 Å². The van der Waals surface area contributed by atoms with Crippen LogP contribution in [0.25, 0.3) is 11.1 Å². The molecule has 60 valence electrons. The highest BCUT2D eigenvalue weighted by Crippen LogP contribution is 2.37. The molecule has 0 aromatic carbocycles. The SMILES string of the molecule is CC(N)N.Clc1cc2cc-2c1. The van der Waals surface area contributed by atoms with Crippen molar-refractivity contribution in [2.75, 3.05) is 0 Å². The predicted octanol–water partition coefficient (Wildman–Crippen LogP) is 1.57. The molecule has 0 saturated carbocycles. The smallest absolute Gasteiger partial charge is 0.0491 e. The second-order valence-electron chi connectivity index (χ2n) is 2.59. The van der Waals surface area contributed by atoms with Crippen molar-refractivity contribution in [3.63, 3.8) is 0 Å². The summed E-state index contributed by atoms with van der Waals surface area (Å²) in [7, 11) is 0. The Balaban J connectivity index is 0.000000134. The van der Waals surface area contributed by atoms with Gasteiger partial charge in [0.25, 0.3) is 0 Å². The Bertz CT molecular complexity index is 235. The lowest BCUT2D eigenvalue weighted by Gasteiger charge is -1.83. The molecule has 0 heterocycles. The van der Waals surface area contributed by atoms with Crippen molar-refractivity contribution in [2.24, 2.45) is 11.5 Å². The fourth-order valence-electron chi connectivity index (χ4n) is 0.720. The van der Waals surface area contributed by atoms with E-state index in [0.29, 0.717) is 0 Å². The van der Waals surface area contributed by atoms with E-state index in [1.807, 2.05) is 12.1 Å².